The van der Waals surface area contributed by atoms with Crippen LogP contribution in [-0.4, -0.2) is 24.4 Å². The van der Waals surface area contributed by atoms with E-state index >= 15 is 0 Å². The Morgan fingerprint density at radius 1 is 1.25 bits per heavy atom. The van der Waals surface area contributed by atoms with Gasteiger partial charge in [-0.1, -0.05) is 0 Å². The number of anilines is 2. The molecule has 0 spiro atoms. The van der Waals surface area contributed by atoms with Crippen molar-refractivity contribution >= 4 is 23.2 Å². The molecular formula is C14H20N4O2. The Balaban J connectivity index is 2.31. The van der Waals surface area contributed by atoms with Crippen LogP contribution in [0.25, 0.3) is 0 Å². The van der Waals surface area contributed by atoms with Crippen molar-refractivity contribution < 1.29 is 9.59 Å². The van der Waals surface area contributed by atoms with E-state index in [0.717, 1.165) is 18.5 Å². The van der Waals surface area contributed by atoms with E-state index in [0.29, 0.717) is 17.8 Å². The number of benzene rings is 1. The maximum atomic E-state index is 11.4. The number of hydrogen-bond acceptors (Lipinski definition) is 4. The van der Waals surface area contributed by atoms with Gasteiger partial charge in [-0.3, -0.25) is 9.59 Å². The maximum absolute atomic E-state index is 11.4. The Morgan fingerprint density at radius 3 is 2.55 bits per heavy atom. The summed E-state index contributed by atoms with van der Waals surface area (Å²) in [6.45, 7) is 2.64. The lowest BCUT2D eigenvalue weighted by Crippen LogP contribution is -2.46. The number of nitrogens with zero attached hydrogens (tertiary/aromatic N) is 1. The van der Waals surface area contributed by atoms with Crippen molar-refractivity contribution in [3.63, 3.8) is 0 Å². The maximum Gasteiger partial charge on any atom is 0.250 e. The van der Waals surface area contributed by atoms with Crippen molar-refractivity contribution in [2.45, 2.75) is 25.8 Å². The number of nitrogen functional groups attached to an aromatic ring is 1. The zero-order valence-corrected chi connectivity index (χ0v) is 11.5. The Labute approximate surface area is 117 Å². The van der Waals surface area contributed by atoms with Gasteiger partial charge < -0.3 is 22.1 Å². The molecule has 1 aliphatic heterocycles. The predicted molar refractivity (Wildman–Crippen MR) is 78.1 cm³/mol. The van der Waals surface area contributed by atoms with Crippen LogP contribution in [0.5, 0.6) is 0 Å². The van der Waals surface area contributed by atoms with E-state index in [1.807, 2.05) is 6.07 Å². The van der Waals surface area contributed by atoms with Crippen molar-refractivity contribution in [3.8, 4) is 0 Å². The van der Waals surface area contributed by atoms with E-state index in [1.165, 1.54) is 0 Å². The molecule has 20 heavy (non-hydrogen) atoms. The second-order valence-electron chi connectivity index (χ2n) is 5.31. The summed E-state index contributed by atoms with van der Waals surface area (Å²) in [6.07, 6.45) is 1.68. The monoisotopic (exact) mass is 276 g/mol. The summed E-state index contributed by atoms with van der Waals surface area (Å²) in [5, 5.41) is 0. The summed E-state index contributed by atoms with van der Waals surface area (Å²) in [4.78, 5) is 24.8. The van der Waals surface area contributed by atoms with E-state index in [-0.39, 0.29) is 17.9 Å². The summed E-state index contributed by atoms with van der Waals surface area (Å²) >= 11 is 0. The molecule has 0 radical (unpaired) electrons. The van der Waals surface area contributed by atoms with Crippen molar-refractivity contribution in [3.05, 3.63) is 23.8 Å². The summed E-state index contributed by atoms with van der Waals surface area (Å²) in [5.41, 5.74) is 17.9. The first-order valence-corrected chi connectivity index (χ1v) is 6.65. The van der Waals surface area contributed by atoms with E-state index < -0.39 is 5.91 Å². The highest BCUT2D eigenvalue weighted by Crippen LogP contribution is 2.29. The minimum Gasteiger partial charge on any atom is -0.398 e. The number of piperidine rings is 1. The number of carbonyl (C=O) groups is 2. The van der Waals surface area contributed by atoms with Gasteiger partial charge in [-0.05, 0) is 38.0 Å². The Bertz CT molecular complexity index is 544. The van der Waals surface area contributed by atoms with Gasteiger partial charge in [-0.25, -0.2) is 0 Å². The largest absolute Gasteiger partial charge is 0.398 e. The first kappa shape index (κ1) is 14.2. The summed E-state index contributed by atoms with van der Waals surface area (Å²) in [6, 6.07) is 5.45. The smallest absolute Gasteiger partial charge is 0.250 e. The normalized spacial score (nSPS) is 22.6. The molecule has 108 valence electrons. The Kier molecular flexibility index (Phi) is 3.83. The molecule has 2 atom stereocenters. The number of nitrogens with two attached hydrogens (primary N) is 3. The van der Waals surface area contributed by atoms with Crippen molar-refractivity contribution in [1.29, 1.82) is 0 Å². The van der Waals surface area contributed by atoms with Crippen LogP contribution in [0.1, 0.15) is 30.1 Å². The van der Waals surface area contributed by atoms with Gasteiger partial charge in [-0.2, -0.15) is 0 Å². The summed E-state index contributed by atoms with van der Waals surface area (Å²) in [5.74, 6) is -1.01. The number of primary amides is 2. The third-order valence-electron chi connectivity index (χ3n) is 3.92. The molecule has 6 heteroatoms. The van der Waals surface area contributed by atoms with Gasteiger partial charge in [0, 0.05) is 24.0 Å². The lowest BCUT2D eigenvalue weighted by molar-refractivity contribution is -0.122. The van der Waals surface area contributed by atoms with Crippen LogP contribution in [0.3, 0.4) is 0 Å². The molecule has 0 bridgehead atoms. The molecule has 0 aliphatic carbocycles. The molecule has 1 heterocycles. The van der Waals surface area contributed by atoms with Crippen molar-refractivity contribution in [1.82, 2.24) is 0 Å². The van der Waals surface area contributed by atoms with Crippen LogP contribution in [-0.2, 0) is 4.79 Å². The molecular weight excluding hydrogens is 256 g/mol. The Hall–Kier alpha value is -2.24. The molecule has 1 aliphatic rings. The van der Waals surface area contributed by atoms with Crippen molar-refractivity contribution in [2.24, 2.45) is 17.4 Å². The zero-order valence-electron chi connectivity index (χ0n) is 11.5. The molecule has 6 N–H and O–H groups in total. The van der Waals surface area contributed by atoms with E-state index in [1.54, 1.807) is 12.1 Å². The lowest BCUT2D eigenvalue weighted by Gasteiger charge is -2.38. The van der Waals surface area contributed by atoms with Crippen LogP contribution in [0, 0.1) is 5.92 Å². The predicted octanol–water partition coefficient (Wildman–Crippen LogP) is 0.458. The summed E-state index contributed by atoms with van der Waals surface area (Å²) < 4.78 is 0. The fourth-order valence-electron chi connectivity index (χ4n) is 2.64. The molecule has 1 aromatic rings. The first-order valence-electron chi connectivity index (χ1n) is 6.65. The van der Waals surface area contributed by atoms with Gasteiger partial charge in [0.05, 0.1) is 11.5 Å². The van der Waals surface area contributed by atoms with Crippen LogP contribution in [0.4, 0.5) is 11.4 Å². The highest BCUT2D eigenvalue weighted by atomic mass is 16.1. The van der Waals surface area contributed by atoms with E-state index in [2.05, 4.69) is 11.8 Å². The number of hydrogen-bond donors (Lipinski definition) is 3. The molecule has 2 unspecified atom stereocenters. The molecule has 1 saturated heterocycles. The van der Waals surface area contributed by atoms with Gasteiger partial charge >= 0.3 is 0 Å². The minimum absolute atomic E-state index is 0.166. The van der Waals surface area contributed by atoms with Crippen LogP contribution < -0.4 is 22.1 Å². The van der Waals surface area contributed by atoms with Crippen LogP contribution in [0.2, 0.25) is 0 Å². The molecule has 0 saturated carbocycles. The fraction of sp³-hybridized carbons (Fsp3) is 0.429. The number of amides is 2. The molecule has 6 nitrogen and oxygen atoms in total. The van der Waals surface area contributed by atoms with Gasteiger partial charge in [0.2, 0.25) is 5.91 Å². The van der Waals surface area contributed by atoms with Crippen LogP contribution in [0.15, 0.2) is 18.2 Å². The van der Waals surface area contributed by atoms with Crippen molar-refractivity contribution in [2.75, 3.05) is 17.2 Å². The van der Waals surface area contributed by atoms with Gasteiger partial charge in [0.15, 0.2) is 0 Å². The first-order chi connectivity index (χ1) is 9.40. The third kappa shape index (κ3) is 2.68. The number of carbonyl (C=O) groups excluding carboxylic acids is 2. The fourth-order valence-corrected chi connectivity index (χ4v) is 2.64. The second-order valence-corrected chi connectivity index (χ2v) is 5.31. The average molecular weight is 276 g/mol. The molecule has 1 fully saturated rings. The molecule has 2 rings (SSSR count). The molecule has 0 aromatic heterocycles. The standard InChI is InChI=1S/C14H20N4O2/c1-8-2-3-9(13(16)19)7-18(8)10-4-5-12(15)11(6-10)14(17)20/h4-6,8-9H,2-3,7,15H2,1H3,(H2,16,19)(H2,17,20). The minimum atomic E-state index is -0.555. The van der Waals surface area contributed by atoms with E-state index in [9.17, 15) is 9.59 Å². The SMILES string of the molecule is CC1CCC(C(N)=O)CN1c1ccc(N)c(C(N)=O)c1. The highest BCUT2D eigenvalue weighted by Gasteiger charge is 2.29. The second kappa shape index (κ2) is 5.40. The van der Waals surface area contributed by atoms with E-state index in [4.69, 9.17) is 17.2 Å². The molecule has 2 amide bonds. The van der Waals surface area contributed by atoms with Gasteiger partial charge in [0.25, 0.3) is 5.91 Å². The zero-order chi connectivity index (χ0) is 14.9. The van der Waals surface area contributed by atoms with Gasteiger partial charge in [-0.15, -0.1) is 0 Å². The average Bonchev–Trinajstić information content (AvgIpc) is 2.39. The van der Waals surface area contributed by atoms with Gasteiger partial charge in [0.1, 0.15) is 0 Å². The molecule has 1 aromatic carbocycles. The lowest BCUT2D eigenvalue weighted by atomic mass is 9.92. The number of rotatable bonds is 3. The Morgan fingerprint density at radius 2 is 1.95 bits per heavy atom. The van der Waals surface area contributed by atoms with Crippen LogP contribution >= 0.6 is 0 Å². The topological polar surface area (TPSA) is 115 Å². The quantitative estimate of drug-likeness (QED) is 0.695. The highest BCUT2D eigenvalue weighted by molar-refractivity contribution is 5.99. The summed E-state index contributed by atoms with van der Waals surface area (Å²) in [7, 11) is 0. The third-order valence-corrected chi connectivity index (χ3v) is 3.92.